The predicted molar refractivity (Wildman–Crippen MR) is 61.1 cm³/mol. The number of aliphatic hydroxyl groups is 1. The highest BCUT2D eigenvalue weighted by Gasteiger charge is 2.20. The van der Waals surface area contributed by atoms with E-state index in [9.17, 15) is 13.2 Å². The van der Waals surface area contributed by atoms with Gasteiger partial charge in [0.05, 0.1) is 6.10 Å². The smallest absolute Gasteiger partial charge is 0.269 e. The van der Waals surface area contributed by atoms with E-state index in [0.29, 0.717) is 0 Å². The van der Waals surface area contributed by atoms with Gasteiger partial charge in [-0.2, -0.15) is 0 Å². The molecule has 0 saturated heterocycles. The minimum atomic E-state index is -3.79. The van der Waals surface area contributed by atoms with Crippen molar-refractivity contribution in [1.29, 1.82) is 0 Å². The second-order valence-electron chi connectivity index (χ2n) is 3.26. The van der Waals surface area contributed by atoms with E-state index in [-0.39, 0.29) is 21.9 Å². The Morgan fingerprint density at radius 1 is 1.53 bits per heavy atom. The lowest BCUT2D eigenvalue weighted by Gasteiger charge is -2.04. The summed E-state index contributed by atoms with van der Waals surface area (Å²) in [5.41, 5.74) is 0. The van der Waals surface area contributed by atoms with Crippen molar-refractivity contribution in [3.8, 4) is 0 Å². The molecule has 0 spiro atoms. The molecule has 0 aliphatic heterocycles. The number of sulfonamides is 1. The number of nitrogens with one attached hydrogen (secondary N) is 2. The zero-order valence-electron chi connectivity index (χ0n) is 9.17. The number of amides is 1. The monoisotopic (exact) mass is 280 g/mol. The van der Waals surface area contributed by atoms with E-state index >= 15 is 0 Å². The third-order valence-electron chi connectivity index (χ3n) is 1.49. The lowest BCUT2D eigenvalue weighted by Crippen LogP contribution is -2.30. The summed E-state index contributed by atoms with van der Waals surface area (Å²) in [6, 6.07) is 0. The van der Waals surface area contributed by atoms with Gasteiger partial charge in [-0.05, 0) is 6.92 Å². The van der Waals surface area contributed by atoms with Gasteiger partial charge in [0.15, 0.2) is 0 Å². The Bertz CT molecular complexity index is 496. The van der Waals surface area contributed by atoms with Crippen LogP contribution in [0.1, 0.15) is 13.8 Å². The number of carbonyl (C=O) groups is 1. The second kappa shape index (κ2) is 5.49. The summed E-state index contributed by atoms with van der Waals surface area (Å²) in [5, 5.41) is 18.3. The average molecular weight is 280 g/mol. The largest absolute Gasteiger partial charge is 0.392 e. The molecule has 1 atom stereocenters. The molecule has 0 bridgehead atoms. The van der Waals surface area contributed by atoms with E-state index in [2.05, 4.69) is 20.2 Å². The molecule has 0 aromatic carbocycles. The van der Waals surface area contributed by atoms with E-state index in [1.807, 2.05) is 0 Å². The molecule has 1 heterocycles. The molecule has 0 unspecified atom stereocenters. The number of hydrogen-bond donors (Lipinski definition) is 3. The molecular weight excluding hydrogens is 268 g/mol. The van der Waals surface area contributed by atoms with Crippen molar-refractivity contribution in [2.45, 2.75) is 24.3 Å². The summed E-state index contributed by atoms with van der Waals surface area (Å²) in [6.07, 6.45) is -0.799. The first-order chi connectivity index (χ1) is 7.81. The highest BCUT2D eigenvalue weighted by molar-refractivity contribution is 7.91. The summed E-state index contributed by atoms with van der Waals surface area (Å²) in [6.45, 7) is 2.62. The quantitative estimate of drug-likeness (QED) is 0.604. The van der Waals surface area contributed by atoms with Crippen LogP contribution in [0.3, 0.4) is 0 Å². The first-order valence-corrected chi connectivity index (χ1v) is 6.90. The van der Waals surface area contributed by atoms with E-state index < -0.39 is 16.1 Å². The number of hydrogen-bond acceptors (Lipinski definition) is 7. The Balaban J connectivity index is 2.78. The van der Waals surface area contributed by atoms with Crippen LogP contribution in [-0.4, -0.2) is 42.3 Å². The molecule has 1 rings (SSSR count). The summed E-state index contributed by atoms with van der Waals surface area (Å²) in [5.74, 6) is -0.359. The minimum Gasteiger partial charge on any atom is -0.392 e. The minimum absolute atomic E-state index is 0.106. The van der Waals surface area contributed by atoms with Crippen molar-refractivity contribution < 1.29 is 18.3 Å². The lowest BCUT2D eigenvalue weighted by atomic mass is 10.4. The second-order valence-corrected chi connectivity index (χ2v) is 6.17. The summed E-state index contributed by atoms with van der Waals surface area (Å²) in [7, 11) is -3.79. The van der Waals surface area contributed by atoms with Gasteiger partial charge in [-0.25, -0.2) is 13.1 Å². The zero-order chi connectivity index (χ0) is 13.1. The van der Waals surface area contributed by atoms with Crippen LogP contribution >= 0.6 is 11.3 Å². The number of carbonyl (C=O) groups excluding carboxylic acids is 1. The molecule has 17 heavy (non-hydrogen) atoms. The first-order valence-electron chi connectivity index (χ1n) is 4.60. The standard InChI is InChI=1S/C7H12N4O4S2/c1-4(12)3-8-17(14,15)7-11-10-6(16-7)9-5(2)13/h4,8,12H,3H2,1-2H3,(H,9,10,13)/t4-/m0/s1. The highest BCUT2D eigenvalue weighted by atomic mass is 32.2. The van der Waals surface area contributed by atoms with Crippen LogP contribution in [0.25, 0.3) is 0 Å². The van der Waals surface area contributed by atoms with Gasteiger partial charge in [-0.1, -0.05) is 11.3 Å². The van der Waals surface area contributed by atoms with E-state index in [0.717, 1.165) is 11.3 Å². The molecule has 0 radical (unpaired) electrons. The third kappa shape index (κ3) is 4.34. The van der Waals surface area contributed by atoms with Gasteiger partial charge in [-0.15, -0.1) is 10.2 Å². The van der Waals surface area contributed by atoms with Crippen molar-refractivity contribution in [3.05, 3.63) is 0 Å². The van der Waals surface area contributed by atoms with Gasteiger partial charge in [0, 0.05) is 13.5 Å². The fourth-order valence-corrected chi connectivity index (χ4v) is 2.92. The number of aromatic nitrogens is 2. The first kappa shape index (κ1) is 14.0. The van der Waals surface area contributed by atoms with Crippen molar-refractivity contribution in [1.82, 2.24) is 14.9 Å². The number of rotatable bonds is 5. The number of nitrogens with zero attached hydrogens (tertiary/aromatic N) is 2. The molecular formula is C7H12N4O4S2. The normalized spacial score (nSPS) is 13.4. The van der Waals surface area contributed by atoms with Crippen LogP contribution in [-0.2, 0) is 14.8 Å². The topological polar surface area (TPSA) is 121 Å². The van der Waals surface area contributed by atoms with Gasteiger partial charge >= 0.3 is 0 Å². The molecule has 10 heteroatoms. The van der Waals surface area contributed by atoms with E-state index in [4.69, 9.17) is 5.11 Å². The van der Waals surface area contributed by atoms with Crippen LogP contribution < -0.4 is 10.0 Å². The molecule has 1 aromatic rings. The maximum absolute atomic E-state index is 11.6. The van der Waals surface area contributed by atoms with Crippen LogP contribution in [0.5, 0.6) is 0 Å². The van der Waals surface area contributed by atoms with Gasteiger partial charge in [0.1, 0.15) is 0 Å². The lowest BCUT2D eigenvalue weighted by molar-refractivity contribution is -0.114. The van der Waals surface area contributed by atoms with E-state index in [1.165, 1.54) is 13.8 Å². The Labute approximate surface area is 102 Å². The highest BCUT2D eigenvalue weighted by Crippen LogP contribution is 2.19. The van der Waals surface area contributed by atoms with Gasteiger partial charge in [0.25, 0.3) is 10.0 Å². The molecule has 3 N–H and O–H groups in total. The van der Waals surface area contributed by atoms with Crippen LogP contribution in [0.2, 0.25) is 0 Å². The maximum atomic E-state index is 11.6. The fraction of sp³-hybridized carbons (Fsp3) is 0.571. The molecule has 96 valence electrons. The van der Waals surface area contributed by atoms with Crippen LogP contribution in [0.15, 0.2) is 4.34 Å². The molecule has 1 amide bonds. The molecule has 1 aromatic heterocycles. The third-order valence-corrected chi connectivity index (χ3v) is 4.12. The predicted octanol–water partition coefficient (Wildman–Crippen LogP) is -0.844. The summed E-state index contributed by atoms with van der Waals surface area (Å²) < 4.78 is 25.1. The Morgan fingerprint density at radius 3 is 2.71 bits per heavy atom. The van der Waals surface area contributed by atoms with Gasteiger partial charge in [0.2, 0.25) is 15.4 Å². The number of anilines is 1. The molecule has 8 nitrogen and oxygen atoms in total. The SMILES string of the molecule is CC(=O)Nc1nnc(S(=O)(=O)NC[C@H](C)O)s1. The van der Waals surface area contributed by atoms with Gasteiger partial charge < -0.3 is 10.4 Å². The van der Waals surface area contributed by atoms with Crippen molar-refractivity contribution in [3.63, 3.8) is 0 Å². The van der Waals surface area contributed by atoms with Crippen molar-refractivity contribution in [2.75, 3.05) is 11.9 Å². The number of aliphatic hydroxyl groups excluding tert-OH is 1. The molecule has 0 fully saturated rings. The van der Waals surface area contributed by atoms with Crippen molar-refractivity contribution in [2.24, 2.45) is 0 Å². The van der Waals surface area contributed by atoms with Crippen molar-refractivity contribution >= 4 is 32.4 Å². The summed E-state index contributed by atoms with van der Waals surface area (Å²) in [4.78, 5) is 10.7. The Kier molecular flexibility index (Phi) is 4.51. The van der Waals surface area contributed by atoms with Crippen LogP contribution in [0, 0.1) is 0 Å². The molecule has 0 aliphatic rings. The zero-order valence-corrected chi connectivity index (χ0v) is 10.8. The molecule has 0 saturated carbocycles. The molecule has 0 aliphatic carbocycles. The van der Waals surface area contributed by atoms with E-state index in [1.54, 1.807) is 0 Å². The summed E-state index contributed by atoms with van der Waals surface area (Å²) >= 11 is 0.734. The maximum Gasteiger partial charge on any atom is 0.269 e. The Hall–Kier alpha value is -1.10. The average Bonchev–Trinajstić information content (AvgIpc) is 2.63. The van der Waals surface area contributed by atoms with Gasteiger partial charge in [-0.3, -0.25) is 4.79 Å². The fourth-order valence-electron chi connectivity index (χ4n) is 0.812. The Morgan fingerprint density at radius 2 is 2.18 bits per heavy atom. The van der Waals surface area contributed by atoms with Crippen LogP contribution in [0.4, 0.5) is 5.13 Å².